The molecule has 1 N–H and O–H groups in total. The third-order valence-corrected chi connectivity index (χ3v) is 7.19. The Hall–Kier alpha value is -2.73. The Morgan fingerprint density at radius 2 is 2.11 bits per heavy atom. The minimum absolute atomic E-state index is 0.0612. The second kappa shape index (κ2) is 11.8. The van der Waals surface area contributed by atoms with E-state index in [1.807, 2.05) is 18.4 Å². The summed E-state index contributed by atoms with van der Waals surface area (Å²) < 4.78 is 17.4. The smallest absolute Gasteiger partial charge is 0.413 e. The molecule has 1 aromatic heterocycles. The van der Waals surface area contributed by atoms with Gasteiger partial charge in [0.2, 0.25) is 5.91 Å². The van der Waals surface area contributed by atoms with Crippen molar-refractivity contribution < 1.29 is 28.6 Å². The topological polar surface area (TPSA) is 97.4 Å². The van der Waals surface area contributed by atoms with Gasteiger partial charge in [-0.15, -0.1) is 11.3 Å². The molecule has 1 aromatic carbocycles. The third kappa shape index (κ3) is 6.69. The molecule has 9 nitrogen and oxygen atoms in total. The molecular formula is C24H26BrN3O6S. The van der Waals surface area contributed by atoms with Crippen LogP contribution in [-0.2, 0) is 23.8 Å². The summed E-state index contributed by atoms with van der Waals surface area (Å²) in [6.07, 6.45) is 1.98. The van der Waals surface area contributed by atoms with Crippen LogP contribution in [-0.4, -0.2) is 68.0 Å². The maximum atomic E-state index is 12.9. The molecule has 0 saturated carbocycles. The van der Waals surface area contributed by atoms with E-state index in [-0.39, 0.29) is 24.5 Å². The molecule has 2 aliphatic rings. The van der Waals surface area contributed by atoms with Gasteiger partial charge in [0.05, 0.1) is 19.3 Å². The number of rotatable bonds is 7. The van der Waals surface area contributed by atoms with Crippen molar-refractivity contribution in [2.75, 3.05) is 43.1 Å². The number of benzene rings is 1. The van der Waals surface area contributed by atoms with Crippen LogP contribution in [0.1, 0.15) is 18.2 Å². The van der Waals surface area contributed by atoms with Gasteiger partial charge in [-0.2, -0.15) is 0 Å². The van der Waals surface area contributed by atoms with Crippen molar-refractivity contribution in [2.45, 2.75) is 25.7 Å². The number of hydrogen-bond donors (Lipinski definition) is 1. The summed E-state index contributed by atoms with van der Waals surface area (Å²) in [5.41, 5.74) is 1.24. The van der Waals surface area contributed by atoms with E-state index in [0.29, 0.717) is 38.4 Å². The van der Waals surface area contributed by atoms with E-state index in [4.69, 9.17) is 14.2 Å². The molecule has 186 valence electrons. The number of carbonyl (C=O) groups is 3. The lowest BCUT2D eigenvalue weighted by Gasteiger charge is -2.27. The summed E-state index contributed by atoms with van der Waals surface area (Å²) in [5.74, 6) is -0.360. The van der Waals surface area contributed by atoms with Gasteiger partial charge in [0, 0.05) is 51.8 Å². The van der Waals surface area contributed by atoms with Crippen molar-refractivity contribution in [2.24, 2.45) is 0 Å². The van der Waals surface area contributed by atoms with E-state index in [2.05, 4.69) is 21.2 Å². The fraction of sp³-hybridized carbons (Fsp3) is 0.375. The highest BCUT2D eigenvalue weighted by molar-refractivity contribution is 9.10. The number of likely N-dealkylation sites (tertiary alicyclic amines) is 1. The third-order valence-electron chi connectivity index (χ3n) is 5.53. The van der Waals surface area contributed by atoms with Gasteiger partial charge < -0.3 is 24.0 Å². The Morgan fingerprint density at radius 3 is 2.80 bits per heavy atom. The standard InChI is InChI=1S/C24H26BrN3O6S/c1-2-33-19-12-23(28(13-19)21(29)8-7-20-11-16(25)15-35-20)34-24(31)26-17-3-5-18(6-4-17)27-9-10-32-14-22(27)30/h3-8,11,15,19,23H,2,9-10,12-14H2,1H3,(H,26,31)/t19-,23-/m1/s1. The van der Waals surface area contributed by atoms with Crippen LogP contribution >= 0.6 is 27.3 Å². The molecule has 3 amide bonds. The zero-order chi connectivity index (χ0) is 24.8. The lowest BCUT2D eigenvalue weighted by atomic mass is 10.2. The molecule has 3 heterocycles. The van der Waals surface area contributed by atoms with E-state index in [0.717, 1.165) is 15.0 Å². The normalized spacial score (nSPS) is 20.5. The second-order valence-electron chi connectivity index (χ2n) is 7.93. The number of morpholine rings is 1. The van der Waals surface area contributed by atoms with Crippen LogP contribution in [0.15, 0.2) is 46.3 Å². The average molecular weight is 564 g/mol. The van der Waals surface area contributed by atoms with Crippen LogP contribution in [0.3, 0.4) is 0 Å². The van der Waals surface area contributed by atoms with Crippen molar-refractivity contribution in [3.8, 4) is 0 Å². The molecule has 0 unspecified atom stereocenters. The molecule has 0 aliphatic carbocycles. The first-order valence-electron chi connectivity index (χ1n) is 11.2. The number of hydrogen-bond acceptors (Lipinski definition) is 7. The van der Waals surface area contributed by atoms with Gasteiger partial charge in [-0.25, -0.2) is 4.79 Å². The Bertz CT molecular complexity index is 1090. The largest absolute Gasteiger partial charge is 0.425 e. The number of halogens is 1. The molecule has 2 atom stereocenters. The summed E-state index contributed by atoms with van der Waals surface area (Å²) in [5, 5.41) is 4.62. The van der Waals surface area contributed by atoms with Gasteiger partial charge in [-0.1, -0.05) is 0 Å². The van der Waals surface area contributed by atoms with Crippen LogP contribution in [0.25, 0.3) is 6.08 Å². The van der Waals surface area contributed by atoms with Gasteiger partial charge in [0.1, 0.15) is 6.61 Å². The molecule has 4 rings (SSSR count). The fourth-order valence-electron chi connectivity index (χ4n) is 3.92. The Labute approximate surface area is 215 Å². The quantitative estimate of drug-likeness (QED) is 0.509. The molecule has 11 heteroatoms. The van der Waals surface area contributed by atoms with Crippen molar-refractivity contribution in [3.05, 3.63) is 51.1 Å². The fourth-order valence-corrected chi connectivity index (χ4v) is 5.25. The Kier molecular flexibility index (Phi) is 8.55. The van der Waals surface area contributed by atoms with E-state index >= 15 is 0 Å². The molecule has 35 heavy (non-hydrogen) atoms. The highest BCUT2D eigenvalue weighted by Crippen LogP contribution is 2.25. The number of nitrogens with zero attached hydrogens (tertiary/aromatic N) is 2. The summed E-state index contributed by atoms with van der Waals surface area (Å²) >= 11 is 4.91. The van der Waals surface area contributed by atoms with Gasteiger partial charge in [-0.3, -0.25) is 14.9 Å². The van der Waals surface area contributed by atoms with Crippen LogP contribution in [0.2, 0.25) is 0 Å². The lowest BCUT2D eigenvalue weighted by molar-refractivity contribution is -0.132. The summed E-state index contributed by atoms with van der Waals surface area (Å²) in [4.78, 5) is 41.6. The predicted molar refractivity (Wildman–Crippen MR) is 136 cm³/mol. The zero-order valence-electron chi connectivity index (χ0n) is 19.1. The number of thiophene rings is 1. The lowest BCUT2D eigenvalue weighted by Crippen LogP contribution is -2.41. The van der Waals surface area contributed by atoms with E-state index in [1.165, 1.54) is 22.3 Å². The van der Waals surface area contributed by atoms with Crippen LogP contribution in [0, 0.1) is 0 Å². The molecule has 2 fully saturated rings. The SMILES string of the molecule is CCO[C@@H]1C[C@@H](OC(=O)Nc2ccc(N3CCOCC3=O)cc2)N(C(=O)C=Cc2cc(Br)cs2)C1. The monoisotopic (exact) mass is 563 g/mol. The molecule has 2 saturated heterocycles. The number of amides is 3. The van der Waals surface area contributed by atoms with Crippen molar-refractivity contribution in [1.29, 1.82) is 0 Å². The first kappa shape index (κ1) is 25.4. The minimum atomic E-state index is -0.746. The maximum Gasteiger partial charge on any atom is 0.413 e. The molecule has 0 spiro atoms. The molecule has 0 radical (unpaired) electrons. The van der Waals surface area contributed by atoms with Crippen LogP contribution in [0.4, 0.5) is 16.2 Å². The highest BCUT2D eigenvalue weighted by atomic mass is 79.9. The van der Waals surface area contributed by atoms with Gasteiger partial charge in [0.15, 0.2) is 6.23 Å². The first-order valence-corrected chi connectivity index (χ1v) is 12.9. The van der Waals surface area contributed by atoms with Crippen LogP contribution in [0.5, 0.6) is 0 Å². The molecular weight excluding hydrogens is 538 g/mol. The van der Waals surface area contributed by atoms with Gasteiger partial charge >= 0.3 is 6.09 Å². The molecule has 0 bridgehead atoms. The summed E-state index contributed by atoms with van der Waals surface area (Å²) in [7, 11) is 0. The van der Waals surface area contributed by atoms with E-state index in [9.17, 15) is 14.4 Å². The number of carbonyl (C=O) groups excluding carboxylic acids is 3. The van der Waals surface area contributed by atoms with Crippen molar-refractivity contribution in [1.82, 2.24) is 4.90 Å². The number of nitrogens with one attached hydrogen (secondary N) is 1. The number of anilines is 2. The second-order valence-corrected chi connectivity index (χ2v) is 9.79. The number of ether oxygens (including phenoxy) is 3. The van der Waals surface area contributed by atoms with Gasteiger partial charge in [-0.05, 0) is 59.3 Å². The first-order chi connectivity index (χ1) is 16.9. The minimum Gasteiger partial charge on any atom is -0.425 e. The predicted octanol–water partition coefficient (Wildman–Crippen LogP) is 4.10. The van der Waals surface area contributed by atoms with E-state index < -0.39 is 12.3 Å². The summed E-state index contributed by atoms with van der Waals surface area (Å²) in [6, 6.07) is 8.82. The maximum absolute atomic E-state index is 12.9. The van der Waals surface area contributed by atoms with Gasteiger partial charge in [0.25, 0.3) is 5.91 Å². The summed E-state index contributed by atoms with van der Waals surface area (Å²) in [6.45, 7) is 3.76. The molecule has 2 aliphatic heterocycles. The zero-order valence-corrected chi connectivity index (χ0v) is 21.5. The van der Waals surface area contributed by atoms with E-state index in [1.54, 1.807) is 35.2 Å². The van der Waals surface area contributed by atoms with Crippen molar-refractivity contribution >= 4 is 62.6 Å². The molecule has 2 aromatic rings. The highest BCUT2D eigenvalue weighted by Gasteiger charge is 2.37. The van der Waals surface area contributed by atoms with Crippen LogP contribution < -0.4 is 10.2 Å². The Morgan fingerprint density at radius 1 is 1.31 bits per heavy atom. The average Bonchev–Trinajstić information content (AvgIpc) is 3.44. The Balaban J connectivity index is 1.37. The van der Waals surface area contributed by atoms with Crippen molar-refractivity contribution in [3.63, 3.8) is 0 Å².